The molecule has 0 saturated carbocycles. The molecular formula is C32H31N3O8. The van der Waals surface area contributed by atoms with Gasteiger partial charge in [0, 0.05) is 16.7 Å². The highest BCUT2D eigenvalue weighted by Crippen LogP contribution is 2.38. The number of nitrogens with one attached hydrogen (secondary N) is 3. The third-order valence-electron chi connectivity index (χ3n) is 6.62. The summed E-state index contributed by atoms with van der Waals surface area (Å²) in [7, 11) is 5.52. The number of hydrogen-bond acceptors (Lipinski definition) is 8. The summed E-state index contributed by atoms with van der Waals surface area (Å²) >= 11 is 0. The Hall–Kier alpha value is -5.50. The van der Waals surface area contributed by atoms with E-state index in [1.54, 1.807) is 0 Å². The van der Waals surface area contributed by atoms with Crippen LogP contribution >= 0.6 is 0 Å². The maximum absolute atomic E-state index is 13.5. The molecule has 0 spiro atoms. The van der Waals surface area contributed by atoms with Crippen LogP contribution in [0.25, 0.3) is 0 Å². The number of ether oxygens (including phenoxy) is 4. The van der Waals surface area contributed by atoms with Crippen LogP contribution in [0.4, 0.5) is 11.4 Å². The number of aryl methyl sites for hydroxylation is 2. The van der Waals surface area contributed by atoms with Gasteiger partial charge in [0.2, 0.25) is 11.7 Å². The fraction of sp³-hybridized carbons (Fsp3) is 0.250. The van der Waals surface area contributed by atoms with Crippen molar-refractivity contribution < 1.29 is 38.1 Å². The molecule has 3 aromatic carbocycles. The van der Waals surface area contributed by atoms with Crippen LogP contribution in [0, 0.1) is 25.7 Å². The van der Waals surface area contributed by atoms with Crippen molar-refractivity contribution in [3.8, 4) is 29.1 Å². The predicted molar refractivity (Wildman–Crippen MR) is 159 cm³/mol. The van der Waals surface area contributed by atoms with Crippen molar-refractivity contribution in [3.63, 3.8) is 0 Å². The van der Waals surface area contributed by atoms with Gasteiger partial charge in [0.25, 0.3) is 11.8 Å². The molecule has 3 N–H and O–H groups in total. The highest BCUT2D eigenvalue weighted by atomic mass is 16.5. The van der Waals surface area contributed by atoms with E-state index in [2.05, 4.69) is 32.5 Å². The molecule has 1 aliphatic rings. The Balaban J connectivity index is 1.80. The largest absolute Gasteiger partial charge is 0.493 e. The van der Waals surface area contributed by atoms with E-state index in [0.29, 0.717) is 11.3 Å². The monoisotopic (exact) mass is 585 g/mol. The molecule has 0 aromatic heterocycles. The number of rotatable bonds is 7. The average Bonchev–Trinajstić information content (AvgIpc) is 3.09. The first-order chi connectivity index (χ1) is 20.6. The van der Waals surface area contributed by atoms with E-state index in [-0.39, 0.29) is 40.4 Å². The number of esters is 1. The number of hydrogen-bond donors (Lipinski definition) is 3. The summed E-state index contributed by atoms with van der Waals surface area (Å²) in [6.07, 6.45) is -0.355. The lowest BCUT2D eigenvalue weighted by Crippen LogP contribution is -2.42. The molecule has 0 unspecified atom stereocenters. The van der Waals surface area contributed by atoms with E-state index >= 15 is 0 Å². The number of benzene rings is 3. The van der Waals surface area contributed by atoms with Gasteiger partial charge in [-0.25, -0.2) is 0 Å². The second-order valence-electron chi connectivity index (χ2n) is 9.73. The first kappa shape index (κ1) is 30.5. The van der Waals surface area contributed by atoms with Crippen molar-refractivity contribution in [2.45, 2.75) is 26.3 Å². The molecule has 0 bridgehead atoms. The minimum absolute atomic E-state index is 0.108. The van der Waals surface area contributed by atoms with Crippen LogP contribution in [0.5, 0.6) is 17.2 Å². The van der Waals surface area contributed by atoms with Crippen molar-refractivity contribution >= 4 is 35.1 Å². The van der Waals surface area contributed by atoms with Gasteiger partial charge in [-0.2, -0.15) is 0 Å². The van der Waals surface area contributed by atoms with Gasteiger partial charge in [-0.15, -0.1) is 0 Å². The number of amides is 3. The number of carbonyl (C=O) groups is 4. The Kier molecular flexibility index (Phi) is 9.20. The van der Waals surface area contributed by atoms with E-state index < -0.39 is 29.7 Å². The average molecular weight is 586 g/mol. The highest BCUT2D eigenvalue weighted by Gasteiger charge is 2.31. The molecule has 4 rings (SSSR count). The van der Waals surface area contributed by atoms with Gasteiger partial charge >= 0.3 is 5.97 Å². The van der Waals surface area contributed by atoms with E-state index in [9.17, 15) is 19.2 Å². The van der Waals surface area contributed by atoms with Gasteiger partial charge in [0.1, 0.15) is 6.04 Å². The summed E-state index contributed by atoms with van der Waals surface area (Å²) in [4.78, 5) is 51.4. The molecule has 0 fully saturated rings. The molecule has 3 aromatic rings. The lowest BCUT2D eigenvalue weighted by atomic mass is 10.0. The minimum atomic E-state index is -1.16. The normalized spacial score (nSPS) is 13.7. The zero-order chi connectivity index (χ0) is 31.3. The van der Waals surface area contributed by atoms with Crippen molar-refractivity contribution in [3.05, 3.63) is 75.8 Å². The zero-order valence-corrected chi connectivity index (χ0v) is 24.6. The third kappa shape index (κ3) is 6.87. The third-order valence-corrected chi connectivity index (χ3v) is 6.62. The Labute approximate surface area is 248 Å². The molecule has 222 valence electrons. The molecule has 1 aliphatic heterocycles. The van der Waals surface area contributed by atoms with E-state index in [1.165, 1.54) is 52.7 Å². The van der Waals surface area contributed by atoms with Crippen molar-refractivity contribution in [2.75, 3.05) is 39.1 Å². The minimum Gasteiger partial charge on any atom is -0.493 e. The highest BCUT2D eigenvalue weighted by molar-refractivity contribution is 6.12. The van der Waals surface area contributed by atoms with Gasteiger partial charge in [0.05, 0.1) is 51.8 Å². The number of anilines is 2. The second-order valence-corrected chi connectivity index (χ2v) is 9.73. The molecule has 0 radical (unpaired) electrons. The second kappa shape index (κ2) is 13.0. The summed E-state index contributed by atoms with van der Waals surface area (Å²) in [5.74, 6) is 4.62. The lowest BCUT2D eigenvalue weighted by Gasteiger charge is -2.15. The summed E-state index contributed by atoms with van der Waals surface area (Å²) in [6, 6.07) is 10.6. The number of methoxy groups -OCH3 is 4. The van der Waals surface area contributed by atoms with Crippen molar-refractivity contribution in [1.29, 1.82) is 0 Å². The Morgan fingerprint density at radius 3 is 2.09 bits per heavy atom. The topological polar surface area (TPSA) is 141 Å². The van der Waals surface area contributed by atoms with Gasteiger partial charge in [-0.1, -0.05) is 17.9 Å². The van der Waals surface area contributed by atoms with Crippen molar-refractivity contribution in [1.82, 2.24) is 5.32 Å². The lowest BCUT2D eigenvalue weighted by molar-refractivity contribution is -0.142. The number of carbonyl (C=O) groups excluding carboxylic acids is 4. The van der Waals surface area contributed by atoms with Crippen LogP contribution < -0.4 is 30.2 Å². The molecule has 11 nitrogen and oxygen atoms in total. The van der Waals surface area contributed by atoms with Gasteiger partial charge in [-0.05, 0) is 61.4 Å². The Bertz CT molecular complexity index is 1640. The first-order valence-corrected chi connectivity index (χ1v) is 13.1. The van der Waals surface area contributed by atoms with E-state index in [0.717, 1.165) is 16.7 Å². The maximum Gasteiger partial charge on any atom is 0.308 e. The SMILES string of the molecule is COC(=O)C[C@@H]1NC(=O)c2cc(C#Cc3cc(C)cc(C)c3)c(NC(=O)c3cc(OC)c(OC)c(OC)c3)cc2NC1=O. The van der Waals surface area contributed by atoms with Gasteiger partial charge < -0.3 is 34.9 Å². The molecule has 1 heterocycles. The molecule has 43 heavy (non-hydrogen) atoms. The molecular weight excluding hydrogens is 554 g/mol. The van der Waals surface area contributed by atoms with Gasteiger partial charge in [-0.3, -0.25) is 19.2 Å². The van der Waals surface area contributed by atoms with Crippen LogP contribution in [0.15, 0.2) is 42.5 Å². The molecule has 1 atom stereocenters. The van der Waals surface area contributed by atoms with Gasteiger partial charge in [0.15, 0.2) is 11.5 Å². The first-order valence-electron chi connectivity index (χ1n) is 13.1. The molecule has 0 saturated heterocycles. The molecule has 3 amide bonds. The quantitative estimate of drug-likeness (QED) is 0.282. The fourth-order valence-electron chi connectivity index (χ4n) is 4.61. The van der Waals surface area contributed by atoms with Crippen LogP contribution in [-0.2, 0) is 14.3 Å². The maximum atomic E-state index is 13.5. The summed E-state index contributed by atoms with van der Waals surface area (Å²) in [5.41, 5.74) is 3.77. The summed E-state index contributed by atoms with van der Waals surface area (Å²) < 4.78 is 20.8. The molecule has 0 aliphatic carbocycles. The predicted octanol–water partition coefficient (Wildman–Crippen LogP) is 3.59. The van der Waals surface area contributed by atoms with E-state index in [1.807, 2.05) is 32.0 Å². The summed E-state index contributed by atoms with van der Waals surface area (Å²) in [6.45, 7) is 3.92. The van der Waals surface area contributed by atoms with Crippen LogP contribution in [-0.4, -0.2) is 58.2 Å². The zero-order valence-electron chi connectivity index (χ0n) is 24.6. The van der Waals surface area contributed by atoms with Crippen LogP contribution in [0.1, 0.15) is 49.4 Å². The fourth-order valence-corrected chi connectivity index (χ4v) is 4.61. The van der Waals surface area contributed by atoms with E-state index in [4.69, 9.17) is 14.2 Å². The Morgan fingerprint density at radius 1 is 0.860 bits per heavy atom. The summed E-state index contributed by atoms with van der Waals surface area (Å²) in [5, 5.41) is 8.06. The standard InChI is InChI=1S/C32H31N3O8/c1-17-9-18(2)11-19(10-17)7-8-20-12-22-24(34-32(39)25(35-31(22)38)16-28(36)42-5)15-23(20)33-30(37)21-13-26(40-3)29(43-6)27(14-21)41-4/h9-15,25H,16H2,1-6H3,(H,33,37)(H,34,39)(H,35,38)/t25-/m0/s1. The smallest absolute Gasteiger partial charge is 0.308 e. The number of fused-ring (bicyclic) bond motifs is 1. The molecule has 11 heteroatoms. The van der Waals surface area contributed by atoms with Crippen LogP contribution in [0.2, 0.25) is 0 Å². The Morgan fingerprint density at radius 2 is 1.51 bits per heavy atom. The van der Waals surface area contributed by atoms with Crippen molar-refractivity contribution in [2.24, 2.45) is 0 Å². The van der Waals surface area contributed by atoms with Crippen LogP contribution in [0.3, 0.4) is 0 Å².